The van der Waals surface area contributed by atoms with Gasteiger partial charge in [0.05, 0.1) is 23.9 Å². The summed E-state index contributed by atoms with van der Waals surface area (Å²) < 4.78 is 4.83. The summed E-state index contributed by atoms with van der Waals surface area (Å²) in [7, 11) is 0. The van der Waals surface area contributed by atoms with Gasteiger partial charge in [0.1, 0.15) is 0 Å². The Hall–Kier alpha value is -1.81. The number of ether oxygens (including phenoxy) is 1. The molecule has 92 valence electrons. The van der Waals surface area contributed by atoms with Gasteiger partial charge in [-0.1, -0.05) is 24.8 Å². The Morgan fingerprint density at radius 1 is 1.47 bits per heavy atom. The number of carbonyl (C=O) groups is 1. The molecular formula is C13H17NO3. The van der Waals surface area contributed by atoms with E-state index in [0.717, 1.165) is 5.06 Å². The maximum absolute atomic E-state index is 11.5. The molecule has 0 aliphatic carbocycles. The highest BCUT2D eigenvalue weighted by Gasteiger charge is 2.21. The van der Waals surface area contributed by atoms with Gasteiger partial charge < -0.3 is 4.74 Å². The molecule has 4 heteroatoms. The molecule has 0 heterocycles. The van der Waals surface area contributed by atoms with Crippen molar-refractivity contribution >= 4 is 11.7 Å². The van der Waals surface area contributed by atoms with E-state index in [1.807, 2.05) is 6.07 Å². The van der Waals surface area contributed by atoms with E-state index in [4.69, 9.17) is 4.74 Å². The van der Waals surface area contributed by atoms with Crippen molar-refractivity contribution in [2.75, 3.05) is 11.7 Å². The van der Waals surface area contributed by atoms with Gasteiger partial charge in [0.2, 0.25) is 0 Å². The van der Waals surface area contributed by atoms with Gasteiger partial charge in [-0.25, -0.2) is 9.86 Å². The van der Waals surface area contributed by atoms with Crippen molar-refractivity contribution in [3.8, 4) is 0 Å². The number of para-hydroxylation sites is 1. The van der Waals surface area contributed by atoms with E-state index in [1.54, 1.807) is 38.1 Å². The standard InChI is InChI=1S/C13H17NO3/c1-4-17-13(15)10(2)11(3)14(16)12-8-6-5-7-9-12/h5-9,11,16H,2,4H2,1,3H3. The van der Waals surface area contributed by atoms with Crippen molar-refractivity contribution in [1.29, 1.82) is 0 Å². The van der Waals surface area contributed by atoms with Crippen LogP contribution < -0.4 is 5.06 Å². The Morgan fingerprint density at radius 2 is 2.06 bits per heavy atom. The molecule has 1 rings (SSSR count). The maximum Gasteiger partial charge on any atom is 0.335 e. The number of benzene rings is 1. The van der Waals surface area contributed by atoms with Crippen molar-refractivity contribution in [3.63, 3.8) is 0 Å². The highest BCUT2D eigenvalue weighted by molar-refractivity contribution is 5.89. The summed E-state index contributed by atoms with van der Waals surface area (Å²) in [4.78, 5) is 11.5. The van der Waals surface area contributed by atoms with Crippen molar-refractivity contribution in [3.05, 3.63) is 42.5 Å². The third kappa shape index (κ3) is 3.32. The fourth-order valence-corrected chi connectivity index (χ4v) is 1.35. The van der Waals surface area contributed by atoms with E-state index in [1.165, 1.54) is 0 Å². The summed E-state index contributed by atoms with van der Waals surface area (Å²) in [6.07, 6.45) is 0. The van der Waals surface area contributed by atoms with Crippen molar-refractivity contribution < 1.29 is 14.7 Å². The highest BCUT2D eigenvalue weighted by Crippen LogP contribution is 2.18. The quantitative estimate of drug-likeness (QED) is 0.483. The lowest BCUT2D eigenvalue weighted by molar-refractivity contribution is -0.138. The van der Waals surface area contributed by atoms with Gasteiger partial charge in [0.25, 0.3) is 0 Å². The summed E-state index contributed by atoms with van der Waals surface area (Å²) in [5.74, 6) is -0.491. The molecule has 0 aliphatic rings. The fourth-order valence-electron chi connectivity index (χ4n) is 1.35. The van der Waals surface area contributed by atoms with Crippen LogP contribution in [-0.4, -0.2) is 23.8 Å². The summed E-state index contributed by atoms with van der Waals surface area (Å²) >= 11 is 0. The minimum atomic E-state index is -0.531. The molecule has 0 aromatic heterocycles. The van der Waals surface area contributed by atoms with E-state index >= 15 is 0 Å². The van der Waals surface area contributed by atoms with E-state index in [0.29, 0.717) is 12.3 Å². The van der Waals surface area contributed by atoms with Gasteiger partial charge in [-0.05, 0) is 26.0 Å². The fraction of sp³-hybridized carbons (Fsp3) is 0.308. The molecule has 1 unspecified atom stereocenters. The summed E-state index contributed by atoms with van der Waals surface area (Å²) in [5, 5.41) is 10.9. The van der Waals surface area contributed by atoms with Gasteiger partial charge in [-0.2, -0.15) is 0 Å². The predicted molar refractivity (Wildman–Crippen MR) is 65.9 cm³/mol. The molecule has 17 heavy (non-hydrogen) atoms. The highest BCUT2D eigenvalue weighted by atomic mass is 16.5. The molecule has 1 N–H and O–H groups in total. The number of hydrogen-bond donors (Lipinski definition) is 1. The first kappa shape index (κ1) is 13.3. The molecular weight excluding hydrogens is 218 g/mol. The molecule has 0 saturated carbocycles. The summed E-state index contributed by atoms with van der Waals surface area (Å²) in [5.41, 5.74) is 0.823. The Bertz CT molecular complexity index is 389. The minimum Gasteiger partial charge on any atom is -0.463 e. The second-order valence-corrected chi connectivity index (χ2v) is 3.60. The van der Waals surface area contributed by atoms with E-state index in [-0.39, 0.29) is 5.57 Å². The molecule has 0 fully saturated rings. The zero-order valence-corrected chi connectivity index (χ0v) is 10.1. The second kappa shape index (κ2) is 6.06. The van der Waals surface area contributed by atoms with Crippen LogP contribution >= 0.6 is 0 Å². The third-order valence-corrected chi connectivity index (χ3v) is 2.43. The third-order valence-electron chi connectivity index (χ3n) is 2.43. The SMILES string of the molecule is C=C(C(=O)OCC)C(C)N(O)c1ccccc1. The molecule has 0 radical (unpaired) electrons. The average molecular weight is 235 g/mol. The predicted octanol–water partition coefficient (Wildman–Crippen LogP) is 2.39. The Balaban J connectivity index is 2.73. The zero-order chi connectivity index (χ0) is 12.8. The van der Waals surface area contributed by atoms with Crippen LogP contribution in [0.25, 0.3) is 0 Å². The number of carbonyl (C=O) groups excluding carboxylic acids is 1. The monoisotopic (exact) mass is 235 g/mol. The number of anilines is 1. The van der Waals surface area contributed by atoms with Crippen molar-refractivity contribution in [2.24, 2.45) is 0 Å². The van der Waals surface area contributed by atoms with Gasteiger partial charge in [0, 0.05) is 0 Å². The maximum atomic E-state index is 11.5. The molecule has 1 atom stereocenters. The van der Waals surface area contributed by atoms with Crippen molar-refractivity contribution in [1.82, 2.24) is 0 Å². The summed E-state index contributed by atoms with van der Waals surface area (Å²) in [6.45, 7) is 7.35. The first-order chi connectivity index (χ1) is 8.07. The van der Waals surface area contributed by atoms with Crippen LogP contribution in [-0.2, 0) is 9.53 Å². The van der Waals surface area contributed by atoms with Gasteiger partial charge >= 0.3 is 5.97 Å². The number of hydrogen-bond acceptors (Lipinski definition) is 4. The lowest BCUT2D eigenvalue weighted by Crippen LogP contribution is -2.34. The number of hydroxylamine groups is 1. The smallest absolute Gasteiger partial charge is 0.335 e. The van der Waals surface area contributed by atoms with Crippen LogP contribution in [0.2, 0.25) is 0 Å². The minimum absolute atomic E-state index is 0.221. The number of rotatable bonds is 5. The Kier molecular flexibility index (Phi) is 4.72. The van der Waals surface area contributed by atoms with Crippen LogP contribution in [0.3, 0.4) is 0 Å². The van der Waals surface area contributed by atoms with Crippen LogP contribution in [0.15, 0.2) is 42.5 Å². The average Bonchev–Trinajstić information content (AvgIpc) is 2.37. The molecule has 0 bridgehead atoms. The molecule has 1 aromatic carbocycles. The topological polar surface area (TPSA) is 49.8 Å². The molecule has 0 spiro atoms. The second-order valence-electron chi connectivity index (χ2n) is 3.60. The molecule has 4 nitrogen and oxygen atoms in total. The zero-order valence-electron chi connectivity index (χ0n) is 10.1. The Morgan fingerprint density at radius 3 is 2.59 bits per heavy atom. The van der Waals surface area contributed by atoms with Gasteiger partial charge in [0.15, 0.2) is 0 Å². The first-order valence-electron chi connectivity index (χ1n) is 5.47. The van der Waals surface area contributed by atoms with Gasteiger partial charge in [-0.15, -0.1) is 0 Å². The first-order valence-corrected chi connectivity index (χ1v) is 5.47. The number of esters is 1. The Labute approximate surface area is 101 Å². The largest absolute Gasteiger partial charge is 0.463 e. The lowest BCUT2D eigenvalue weighted by Gasteiger charge is -2.25. The van der Waals surface area contributed by atoms with Crippen LogP contribution in [0.5, 0.6) is 0 Å². The number of nitrogens with zero attached hydrogens (tertiary/aromatic N) is 1. The molecule has 0 aliphatic heterocycles. The summed E-state index contributed by atoms with van der Waals surface area (Å²) in [6, 6.07) is 8.42. The van der Waals surface area contributed by atoms with Crippen LogP contribution in [0.4, 0.5) is 5.69 Å². The van der Waals surface area contributed by atoms with E-state index < -0.39 is 12.0 Å². The molecule has 0 amide bonds. The van der Waals surface area contributed by atoms with E-state index in [9.17, 15) is 10.0 Å². The lowest BCUT2D eigenvalue weighted by atomic mass is 10.1. The van der Waals surface area contributed by atoms with Crippen LogP contribution in [0.1, 0.15) is 13.8 Å². The normalized spacial score (nSPS) is 11.7. The van der Waals surface area contributed by atoms with Gasteiger partial charge in [-0.3, -0.25) is 5.21 Å². The van der Waals surface area contributed by atoms with Crippen molar-refractivity contribution in [2.45, 2.75) is 19.9 Å². The van der Waals surface area contributed by atoms with E-state index in [2.05, 4.69) is 6.58 Å². The molecule has 0 saturated heterocycles. The van der Waals surface area contributed by atoms with Crippen LogP contribution in [0, 0.1) is 0 Å². The molecule has 1 aromatic rings.